The maximum absolute atomic E-state index is 12.7. The van der Waals surface area contributed by atoms with Crippen molar-refractivity contribution in [3.05, 3.63) is 75.3 Å². The summed E-state index contributed by atoms with van der Waals surface area (Å²) in [5.74, 6) is -1.21. The Morgan fingerprint density at radius 3 is 2.41 bits per heavy atom. The van der Waals surface area contributed by atoms with Crippen LogP contribution in [0, 0.1) is 10.1 Å². The van der Waals surface area contributed by atoms with E-state index in [0.717, 1.165) is 43.6 Å². The molecule has 1 heterocycles. The van der Waals surface area contributed by atoms with Crippen LogP contribution < -0.4 is 5.32 Å². The molecule has 0 spiro atoms. The van der Waals surface area contributed by atoms with Crippen molar-refractivity contribution in [1.82, 2.24) is 10.2 Å². The number of likely N-dealkylation sites (tertiary alicyclic amines) is 1. The highest BCUT2D eigenvalue weighted by Gasteiger charge is 2.25. The van der Waals surface area contributed by atoms with E-state index in [1.165, 1.54) is 13.2 Å². The molecule has 1 amide bonds. The van der Waals surface area contributed by atoms with Crippen LogP contribution in [-0.2, 0) is 4.74 Å². The van der Waals surface area contributed by atoms with E-state index in [2.05, 4.69) is 15.0 Å². The summed E-state index contributed by atoms with van der Waals surface area (Å²) in [6.45, 7) is 2.27. The number of nitro groups is 1. The van der Waals surface area contributed by atoms with Gasteiger partial charge in [-0.2, -0.15) is 0 Å². The van der Waals surface area contributed by atoms with Gasteiger partial charge in [-0.05, 0) is 37.6 Å². The fourth-order valence-electron chi connectivity index (χ4n) is 3.56. The van der Waals surface area contributed by atoms with E-state index in [1.54, 1.807) is 0 Å². The second-order valence-corrected chi connectivity index (χ2v) is 6.90. The summed E-state index contributed by atoms with van der Waals surface area (Å²) in [6.07, 6.45) is 2.23. The molecule has 1 aliphatic heterocycles. The van der Waals surface area contributed by atoms with Crippen LogP contribution in [0.3, 0.4) is 0 Å². The maximum Gasteiger partial charge on any atom is 0.338 e. The van der Waals surface area contributed by atoms with Gasteiger partial charge in [0, 0.05) is 24.2 Å². The van der Waals surface area contributed by atoms with Gasteiger partial charge >= 0.3 is 5.97 Å². The predicted octanol–water partition coefficient (Wildman–Crippen LogP) is 2.95. The minimum Gasteiger partial charge on any atom is -0.465 e. The molecule has 0 aromatic heterocycles. The second kappa shape index (κ2) is 9.29. The van der Waals surface area contributed by atoms with Crippen LogP contribution >= 0.6 is 0 Å². The predicted molar refractivity (Wildman–Crippen MR) is 107 cm³/mol. The second-order valence-electron chi connectivity index (χ2n) is 6.90. The number of nitrogens with zero attached hydrogens (tertiary/aromatic N) is 2. The van der Waals surface area contributed by atoms with Crippen molar-refractivity contribution in [1.29, 1.82) is 0 Å². The fraction of sp³-hybridized carbons (Fsp3) is 0.333. The van der Waals surface area contributed by atoms with Gasteiger partial charge in [0.15, 0.2) is 0 Å². The summed E-state index contributed by atoms with van der Waals surface area (Å²) < 4.78 is 4.63. The Balaban J connectivity index is 1.80. The van der Waals surface area contributed by atoms with Crippen molar-refractivity contribution in [3.63, 3.8) is 0 Å². The Hall–Kier alpha value is -3.26. The van der Waals surface area contributed by atoms with Gasteiger partial charge in [0.25, 0.3) is 11.6 Å². The zero-order valence-corrected chi connectivity index (χ0v) is 16.2. The lowest BCUT2D eigenvalue weighted by atomic mass is 10.0. The van der Waals surface area contributed by atoms with Gasteiger partial charge in [-0.15, -0.1) is 0 Å². The summed E-state index contributed by atoms with van der Waals surface area (Å²) in [4.78, 5) is 37.4. The average Bonchev–Trinajstić information content (AvgIpc) is 3.28. The smallest absolute Gasteiger partial charge is 0.338 e. The number of nitro benzene ring substituents is 1. The van der Waals surface area contributed by atoms with E-state index >= 15 is 0 Å². The van der Waals surface area contributed by atoms with Crippen LogP contribution in [-0.4, -0.2) is 48.4 Å². The van der Waals surface area contributed by atoms with Gasteiger partial charge in [-0.1, -0.05) is 30.3 Å². The maximum atomic E-state index is 12.7. The van der Waals surface area contributed by atoms with E-state index in [1.807, 2.05) is 30.3 Å². The topological polar surface area (TPSA) is 102 Å². The number of esters is 1. The molecule has 8 heteroatoms. The Labute approximate surface area is 168 Å². The molecule has 2 aromatic rings. The third-order valence-corrected chi connectivity index (χ3v) is 5.03. The lowest BCUT2D eigenvalue weighted by Gasteiger charge is -2.28. The van der Waals surface area contributed by atoms with Crippen LogP contribution in [0.5, 0.6) is 0 Å². The van der Waals surface area contributed by atoms with Crippen molar-refractivity contribution >= 4 is 17.6 Å². The van der Waals surface area contributed by atoms with E-state index < -0.39 is 16.8 Å². The first-order chi connectivity index (χ1) is 14.0. The first kappa shape index (κ1) is 20.5. The van der Waals surface area contributed by atoms with Crippen LogP contribution in [0.25, 0.3) is 0 Å². The van der Waals surface area contributed by atoms with Crippen LogP contribution in [0.2, 0.25) is 0 Å². The molecule has 0 aliphatic carbocycles. The van der Waals surface area contributed by atoms with Gasteiger partial charge in [0.2, 0.25) is 0 Å². The number of methoxy groups -OCH3 is 1. The number of rotatable bonds is 7. The third-order valence-electron chi connectivity index (χ3n) is 5.03. The molecule has 1 aliphatic rings. The number of ether oxygens (including phenoxy) is 1. The SMILES string of the molecule is COC(=O)c1cc(C(=O)NCC(c2ccccc2)N2CCCC2)cc([N+](=O)[O-])c1. The molecule has 1 fully saturated rings. The number of non-ortho nitro benzene ring substituents is 1. The van der Waals surface area contributed by atoms with Crippen LogP contribution in [0.1, 0.15) is 45.2 Å². The Kier molecular flexibility index (Phi) is 6.56. The summed E-state index contributed by atoms with van der Waals surface area (Å²) in [7, 11) is 1.18. The third kappa shape index (κ3) is 4.97. The molecule has 29 heavy (non-hydrogen) atoms. The summed E-state index contributed by atoms with van der Waals surface area (Å²) in [5, 5.41) is 14.0. The van der Waals surface area contributed by atoms with Crippen LogP contribution in [0.4, 0.5) is 5.69 Å². The first-order valence-electron chi connectivity index (χ1n) is 9.44. The Morgan fingerprint density at radius 2 is 1.79 bits per heavy atom. The number of carbonyl (C=O) groups excluding carboxylic acids is 2. The van der Waals surface area contributed by atoms with Gasteiger partial charge in [-0.3, -0.25) is 19.8 Å². The van der Waals surface area contributed by atoms with Gasteiger partial charge in [0.05, 0.1) is 23.6 Å². The summed E-state index contributed by atoms with van der Waals surface area (Å²) in [6, 6.07) is 13.5. The normalized spacial score (nSPS) is 14.9. The standard InChI is InChI=1S/C21H23N3O5/c1-29-21(26)17-11-16(12-18(13-17)24(27)28)20(25)22-14-19(23-9-5-6-10-23)15-7-3-2-4-8-15/h2-4,7-8,11-13,19H,5-6,9-10,14H2,1H3,(H,22,25). The van der Waals surface area contributed by atoms with E-state index in [-0.39, 0.29) is 22.9 Å². The van der Waals surface area contributed by atoms with Crippen molar-refractivity contribution in [2.75, 3.05) is 26.7 Å². The quantitative estimate of drug-likeness (QED) is 0.438. The summed E-state index contributed by atoms with van der Waals surface area (Å²) in [5.41, 5.74) is 0.778. The van der Waals surface area contributed by atoms with E-state index in [0.29, 0.717) is 6.54 Å². The van der Waals surface area contributed by atoms with Gasteiger partial charge < -0.3 is 10.1 Å². The molecule has 1 atom stereocenters. The highest BCUT2D eigenvalue weighted by Crippen LogP contribution is 2.25. The molecule has 0 bridgehead atoms. The number of hydrogen-bond acceptors (Lipinski definition) is 6. The average molecular weight is 397 g/mol. The molecular weight excluding hydrogens is 374 g/mol. The van der Waals surface area contributed by atoms with Crippen LogP contribution in [0.15, 0.2) is 48.5 Å². The minimum atomic E-state index is -0.734. The Bertz CT molecular complexity index is 894. The largest absolute Gasteiger partial charge is 0.465 e. The Morgan fingerprint density at radius 1 is 1.14 bits per heavy atom. The number of hydrogen-bond donors (Lipinski definition) is 1. The fourth-order valence-corrected chi connectivity index (χ4v) is 3.56. The number of amides is 1. The molecule has 0 radical (unpaired) electrons. The highest BCUT2D eigenvalue weighted by atomic mass is 16.6. The van der Waals surface area contributed by atoms with Crippen molar-refractivity contribution < 1.29 is 19.2 Å². The minimum absolute atomic E-state index is 0.0152. The van der Waals surface area contributed by atoms with Gasteiger partial charge in [0.1, 0.15) is 0 Å². The van der Waals surface area contributed by atoms with Gasteiger partial charge in [-0.25, -0.2) is 4.79 Å². The van der Waals surface area contributed by atoms with Crippen molar-refractivity contribution in [2.45, 2.75) is 18.9 Å². The summed E-state index contributed by atoms with van der Waals surface area (Å²) >= 11 is 0. The molecule has 1 saturated heterocycles. The number of benzene rings is 2. The zero-order valence-electron chi connectivity index (χ0n) is 16.2. The lowest BCUT2D eigenvalue weighted by molar-refractivity contribution is -0.384. The molecular formula is C21H23N3O5. The molecule has 1 N–H and O–H groups in total. The molecule has 3 rings (SSSR count). The van der Waals surface area contributed by atoms with Crippen molar-refractivity contribution in [3.8, 4) is 0 Å². The monoisotopic (exact) mass is 397 g/mol. The first-order valence-corrected chi connectivity index (χ1v) is 9.44. The highest BCUT2D eigenvalue weighted by molar-refractivity contribution is 5.99. The molecule has 1 unspecified atom stereocenters. The number of carbonyl (C=O) groups is 2. The molecule has 2 aromatic carbocycles. The molecule has 0 saturated carbocycles. The lowest BCUT2D eigenvalue weighted by Crippen LogP contribution is -2.36. The van der Waals surface area contributed by atoms with Crippen molar-refractivity contribution in [2.24, 2.45) is 0 Å². The van der Waals surface area contributed by atoms with E-state index in [4.69, 9.17) is 0 Å². The number of nitrogens with one attached hydrogen (secondary N) is 1. The van der Waals surface area contributed by atoms with E-state index in [9.17, 15) is 19.7 Å². The zero-order chi connectivity index (χ0) is 20.8. The molecule has 152 valence electrons. The molecule has 8 nitrogen and oxygen atoms in total.